The number of sulfonamides is 1. The highest BCUT2D eigenvalue weighted by atomic mass is 32.2. The minimum Gasteiger partial charge on any atom is -0.494 e. The number of nitrogens with zero attached hydrogens (tertiary/aromatic N) is 2. The number of allylic oxidation sites excluding steroid dienone is 1. The molecule has 17 heteroatoms. The van der Waals surface area contributed by atoms with Gasteiger partial charge in [0.1, 0.15) is 29.5 Å². The van der Waals surface area contributed by atoms with E-state index in [1.54, 1.807) is 13.8 Å². The van der Waals surface area contributed by atoms with Gasteiger partial charge in [-0.2, -0.15) is 0 Å². The molecule has 2 aliphatic heterocycles. The number of fused-ring (bicyclic) bond motifs is 3. The smallest absolute Gasteiger partial charge is 0.405 e. The number of rotatable bonds is 8. The molecule has 1 aromatic heterocycles. The third kappa shape index (κ3) is 7.44. The number of carbonyl (C=O) groups excluding carboxylic acids is 3. The molecule has 6 rings (SSSR count). The molecule has 2 aromatic rings. The summed E-state index contributed by atoms with van der Waals surface area (Å²) in [5.41, 5.74) is -1.60. The summed E-state index contributed by atoms with van der Waals surface area (Å²) in [6, 6.07) is 0.150. The second-order valence-electron chi connectivity index (χ2n) is 15.0. The van der Waals surface area contributed by atoms with Crippen LogP contribution in [0.4, 0.5) is 9.18 Å². The molecule has 7 atom stereocenters. The Bertz CT molecular complexity index is 1960. The third-order valence-corrected chi connectivity index (χ3v) is 13.3. The number of benzene rings is 1. The molecule has 288 valence electrons. The van der Waals surface area contributed by atoms with Crippen LogP contribution in [0.25, 0.3) is 10.8 Å². The van der Waals surface area contributed by atoms with Crippen LogP contribution in [0.1, 0.15) is 65.7 Å². The maximum atomic E-state index is 14.9. The van der Waals surface area contributed by atoms with Crippen molar-refractivity contribution in [2.45, 2.75) is 94.2 Å². The van der Waals surface area contributed by atoms with Crippen molar-refractivity contribution in [3.05, 3.63) is 36.3 Å². The lowest BCUT2D eigenvalue weighted by molar-refractivity contribution is -0.142. The van der Waals surface area contributed by atoms with Gasteiger partial charge in [0.15, 0.2) is 11.6 Å². The molecule has 1 saturated heterocycles. The van der Waals surface area contributed by atoms with Gasteiger partial charge in [0.2, 0.25) is 27.7 Å². The summed E-state index contributed by atoms with van der Waals surface area (Å²) in [6.07, 6.45) is 5.54. The van der Waals surface area contributed by atoms with Crippen molar-refractivity contribution >= 4 is 44.6 Å². The molecule has 1 aromatic carbocycles. The van der Waals surface area contributed by atoms with Crippen molar-refractivity contribution in [1.29, 1.82) is 0 Å². The molecule has 2 aliphatic carbocycles. The van der Waals surface area contributed by atoms with Crippen LogP contribution in [0, 0.1) is 23.6 Å². The van der Waals surface area contributed by atoms with Gasteiger partial charge in [-0.1, -0.05) is 32.4 Å². The van der Waals surface area contributed by atoms with Crippen LogP contribution < -0.4 is 29.6 Å². The average Bonchev–Trinajstić information content (AvgIpc) is 3.99. The Kier molecular flexibility index (Phi) is 10.3. The number of nitrogens with one attached hydrogen (secondary N) is 3. The monoisotopic (exact) mass is 759 g/mol. The summed E-state index contributed by atoms with van der Waals surface area (Å²) in [6.45, 7) is 5.13. The van der Waals surface area contributed by atoms with Gasteiger partial charge in [0.25, 0.3) is 5.91 Å². The number of hydrogen-bond donors (Lipinski definition) is 4. The summed E-state index contributed by atoms with van der Waals surface area (Å²) in [5.74, 6) is -3.58. The van der Waals surface area contributed by atoms with Crippen LogP contribution in [0.5, 0.6) is 17.4 Å². The first kappa shape index (κ1) is 38.1. The predicted molar refractivity (Wildman–Crippen MR) is 189 cm³/mol. The molecular weight excluding hydrogens is 713 g/mol. The van der Waals surface area contributed by atoms with Gasteiger partial charge in [-0.05, 0) is 63.0 Å². The minimum absolute atomic E-state index is 0.00679. The van der Waals surface area contributed by atoms with E-state index in [1.165, 1.54) is 37.4 Å². The molecule has 53 heavy (non-hydrogen) atoms. The second kappa shape index (κ2) is 14.3. The molecule has 0 bridgehead atoms. The van der Waals surface area contributed by atoms with E-state index in [1.807, 2.05) is 19.1 Å². The van der Waals surface area contributed by atoms with E-state index >= 15 is 0 Å². The first-order valence-corrected chi connectivity index (χ1v) is 19.2. The summed E-state index contributed by atoms with van der Waals surface area (Å²) in [5, 5.41) is 15.6. The highest BCUT2D eigenvalue weighted by molar-refractivity contribution is 7.91. The lowest BCUT2D eigenvalue weighted by atomic mass is 9.92. The van der Waals surface area contributed by atoms with Crippen molar-refractivity contribution < 1.29 is 51.3 Å². The first-order chi connectivity index (χ1) is 25.0. The molecule has 2 saturated carbocycles. The van der Waals surface area contributed by atoms with Gasteiger partial charge < -0.3 is 34.9 Å². The lowest BCUT2D eigenvalue weighted by Crippen LogP contribution is -2.59. The Morgan fingerprint density at radius 3 is 2.45 bits per heavy atom. The molecule has 4 amide bonds. The number of carbonyl (C=O) groups is 4. The van der Waals surface area contributed by atoms with Crippen molar-refractivity contribution in [3.63, 3.8) is 0 Å². The quantitative estimate of drug-likeness (QED) is 0.288. The summed E-state index contributed by atoms with van der Waals surface area (Å²) in [7, 11) is -1.29. The summed E-state index contributed by atoms with van der Waals surface area (Å²) < 4.78 is 59.2. The number of amides is 4. The van der Waals surface area contributed by atoms with Crippen molar-refractivity contribution in [1.82, 2.24) is 25.2 Å². The SMILES string of the molecule is COc1cc2c(OC)cnc(O[C@@H]3C[C@H]4C(=O)N[C@]5(C(=O)NS(=O)(=O)C6(C)CC6)C[C@H]5/C=C\[C@H](C)CCC[C@@H](C)[C@H](NC(=O)O)C(=O)N4C3)c2cc1F. The highest BCUT2D eigenvalue weighted by Gasteiger charge is 2.63. The fraction of sp³-hybridized carbons (Fsp3) is 0.583. The molecular formula is C36H46FN5O10S. The fourth-order valence-corrected chi connectivity index (χ4v) is 8.62. The van der Waals surface area contributed by atoms with Gasteiger partial charge in [-0.25, -0.2) is 22.6 Å². The zero-order valence-electron chi connectivity index (χ0n) is 30.3. The topological polar surface area (TPSA) is 203 Å². The number of halogens is 1. The van der Waals surface area contributed by atoms with E-state index in [2.05, 4.69) is 20.3 Å². The summed E-state index contributed by atoms with van der Waals surface area (Å²) in [4.78, 5) is 60.0. The Morgan fingerprint density at radius 2 is 1.79 bits per heavy atom. The predicted octanol–water partition coefficient (Wildman–Crippen LogP) is 3.26. The molecule has 0 unspecified atom stereocenters. The van der Waals surface area contributed by atoms with Gasteiger partial charge in [-0.3, -0.25) is 19.1 Å². The second-order valence-corrected chi connectivity index (χ2v) is 17.2. The van der Waals surface area contributed by atoms with Gasteiger partial charge in [0.05, 0.1) is 37.1 Å². The molecule has 4 aliphatic rings. The molecule has 4 N–H and O–H groups in total. The maximum absolute atomic E-state index is 14.9. The number of methoxy groups -OCH3 is 2. The van der Waals surface area contributed by atoms with Crippen molar-refractivity contribution in [2.24, 2.45) is 17.8 Å². The maximum Gasteiger partial charge on any atom is 0.405 e. The van der Waals surface area contributed by atoms with Crippen molar-refractivity contribution in [2.75, 3.05) is 20.8 Å². The van der Waals surface area contributed by atoms with Crippen molar-refractivity contribution in [3.8, 4) is 17.4 Å². The highest BCUT2D eigenvalue weighted by Crippen LogP contribution is 2.48. The van der Waals surface area contributed by atoms with E-state index in [4.69, 9.17) is 14.2 Å². The van der Waals surface area contributed by atoms with Gasteiger partial charge in [0, 0.05) is 17.7 Å². The average molecular weight is 760 g/mol. The van der Waals surface area contributed by atoms with E-state index in [0.717, 1.165) is 0 Å². The summed E-state index contributed by atoms with van der Waals surface area (Å²) >= 11 is 0. The lowest BCUT2D eigenvalue weighted by Gasteiger charge is -2.31. The van der Waals surface area contributed by atoms with Crippen LogP contribution in [-0.4, -0.2) is 96.5 Å². The van der Waals surface area contributed by atoms with Crippen LogP contribution in [0.15, 0.2) is 30.5 Å². The molecule has 15 nitrogen and oxygen atoms in total. The molecule has 3 fully saturated rings. The largest absolute Gasteiger partial charge is 0.494 e. The van der Waals surface area contributed by atoms with E-state index in [-0.39, 0.29) is 42.3 Å². The first-order valence-electron chi connectivity index (χ1n) is 17.8. The fourth-order valence-electron chi connectivity index (χ4n) is 7.31. The normalized spacial score (nSPS) is 30.4. The Hall–Kier alpha value is -4.67. The third-order valence-electron chi connectivity index (χ3n) is 11.1. The van der Waals surface area contributed by atoms with E-state index in [0.29, 0.717) is 43.2 Å². The molecule has 0 spiro atoms. The Morgan fingerprint density at radius 1 is 1.08 bits per heavy atom. The minimum atomic E-state index is -4.04. The standard InChI is InChI=1S/C36H46FN5O10S/c1-19-7-6-8-20(2)29(39-34(46)47)32(44)42-18-22(52-31-24-14-25(37)27(50-4)15-23(24)28(51-5)17-38-31)13-26(42)30(43)40-36(16-21(36)10-9-19)33(45)41-53(48,49)35(3)11-12-35/h9-10,14-15,17,19-22,26,29,39H,6-8,11-13,16,18H2,1-5H3,(H,40,43)(H,41,45)(H,46,47)/b10-9-/t19-,20-,21-,22-,26+,29+,36-/m1/s1. The molecule has 0 radical (unpaired) electrons. The zero-order valence-corrected chi connectivity index (χ0v) is 31.1. The van der Waals surface area contributed by atoms with Gasteiger partial charge in [-0.15, -0.1) is 0 Å². The van der Waals surface area contributed by atoms with Crippen LogP contribution >= 0.6 is 0 Å². The number of hydrogen-bond acceptors (Lipinski definition) is 10. The van der Waals surface area contributed by atoms with Crippen LogP contribution in [0.3, 0.4) is 0 Å². The van der Waals surface area contributed by atoms with Crippen LogP contribution in [0.2, 0.25) is 0 Å². The number of pyridine rings is 1. The number of ether oxygens (including phenoxy) is 3. The van der Waals surface area contributed by atoms with Crippen LogP contribution in [-0.2, 0) is 24.4 Å². The van der Waals surface area contributed by atoms with Gasteiger partial charge >= 0.3 is 6.09 Å². The Balaban J connectivity index is 1.36. The van der Waals surface area contributed by atoms with E-state index in [9.17, 15) is 37.1 Å². The van der Waals surface area contributed by atoms with E-state index < -0.39 is 80.0 Å². The Labute approximate surface area is 307 Å². The molecule has 3 heterocycles. The zero-order chi connectivity index (χ0) is 38.5. The number of carboxylic acid groups (broad SMARTS) is 1. The number of aromatic nitrogens is 1.